The summed E-state index contributed by atoms with van der Waals surface area (Å²) in [5.41, 5.74) is 5.52. The normalized spacial score (nSPS) is 15.9. The molecule has 0 spiro atoms. The number of aromatic amines is 1. The summed E-state index contributed by atoms with van der Waals surface area (Å²) < 4.78 is 1.80. The number of rotatable bonds is 6. The summed E-state index contributed by atoms with van der Waals surface area (Å²) in [7, 11) is 0. The van der Waals surface area contributed by atoms with Crippen LogP contribution in [0.15, 0.2) is 102 Å². The Kier molecular flexibility index (Phi) is 5.36. The molecule has 0 saturated carbocycles. The Balaban J connectivity index is 1.58. The first-order valence-electron chi connectivity index (χ1n) is 11.6. The maximum Gasteiger partial charge on any atom is 0.280 e. The minimum atomic E-state index is -0.816. The Morgan fingerprint density at radius 3 is 1.97 bits per heavy atom. The molecular formula is C27H24N6O2. The van der Waals surface area contributed by atoms with E-state index in [0.29, 0.717) is 11.6 Å². The lowest BCUT2D eigenvalue weighted by molar-refractivity contribution is -0.00711. The molecule has 174 valence electrons. The van der Waals surface area contributed by atoms with Gasteiger partial charge in [-0.1, -0.05) is 91.0 Å². The zero-order chi connectivity index (χ0) is 23.7. The summed E-state index contributed by atoms with van der Waals surface area (Å²) >= 11 is 0. The van der Waals surface area contributed by atoms with Gasteiger partial charge in [0.25, 0.3) is 5.56 Å². The van der Waals surface area contributed by atoms with Crippen molar-refractivity contribution in [1.82, 2.24) is 25.0 Å². The summed E-state index contributed by atoms with van der Waals surface area (Å²) in [5, 5.41) is 3.62. The van der Waals surface area contributed by atoms with Gasteiger partial charge >= 0.3 is 0 Å². The van der Waals surface area contributed by atoms with E-state index in [-0.39, 0.29) is 17.3 Å². The number of hydrogen-bond acceptors (Lipinski definition) is 6. The van der Waals surface area contributed by atoms with Crippen LogP contribution in [0, 0.1) is 0 Å². The average molecular weight is 465 g/mol. The van der Waals surface area contributed by atoms with Gasteiger partial charge in [0, 0.05) is 13.0 Å². The van der Waals surface area contributed by atoms with Crippen molar-refractivity contribution < 1.29 is 4.84 Å². The van der Waals surface area contributed by atoms with E-state index in [1.807, 2.05) is 54.6 Å². The summed E-state index contributed by atoms with van der Waals surface area (Å²) in [5.74, 6) is 0.340. The minimum absolute atomic E-state index is 0.274. The van der Waals surface area contributed by atoms with Gasteiger partial charge in [0.1, 0.15) is 5.54 Å². The number of nitrogens with zero attached hydrogens (tertiary/aromatic N) is 3. The number of fused-ring (bicyclic) bond motifs is 1. The van der Waals surface area contributed by atoms with Crippen molar-refractivity contribution in [2.24, 2.45) is 0 Å². The molecule has 1 aliphatic heterocycles. The number of aromatic nitrogens is 4. The van der Waals surface area contributed by atoms with E-state index in [0.717, 1.165) is 29.7 Å². The number of nitrogens with one attached hydrogen (secondary N) is 3. The lowest BCUT2D eigenvalue weighted by Crippen LogP contribution is -2.39. The van der Waals surface area contributed by atoms with Gasteiger partial charge in [0.15, 0.2) is 17.4 Å². The highest BCUT2D eigenvalue weighted by Crippen LogP contribution is 2.39. The van der Waals surface area contributed by atoms with Crippen molar-refractivity contribution in [3.8, 4) is 0 Å². The average Bonchev–Trinajstić information content (AvgIpc) is 3.59. The molecule has 2 aromatic heterocycles. The molecule has 3 N–H and O–H groups in total. The first kappa shape index (κ1) is 21.3. The van der Waals surface area contributed by atoms with E-state index in [4.69, 9.17) is 9.82 Å². The Morgan fingerprint density at radius 1 is 0.886 bits per heavy atom. The maximum absolute atomic E-state index is 13.1. The van der Waals surface area contributed by atoms with Crippen LogP contribution >= 0.6 is 0 Å². The molecule has 0 bridgehead atoms. The van der Waals surface area contributed by atoms with Gasteiger partial charge in [-0.25, -0.2) is 4.98 Å². The Hall–Kier alpha value is -4.27. The van der Waals surface area contributed by atoms with Gasteiger partial charge in [-0.3, -0.25) is 19.2 Å². The van der Waals surface area contributed by atoms with Gasteiger partial charge < -0.3 is 5.32 Å². The molecule has 0 aliphatic carbocycles. The number of hydroxylamine groups is 1. The number of imidazole rings is 1. The number of benzene rings is 3. The van der Waals surface area contributed by atoms with E-state index >= 15 is 0 Å². The Morgan fingerprint density at radius 2 is 1.46 bits per heavy atom. The molecule has 1 atom stereocenters. The molecule has 1 unspecified atom stereocenters. The fraction of sp³-hybridized carbons (Fsp3) is 0.148. The molecule has 1 aliphatic rings. The molecular weight excluding hydrogens is 440 g/mol. The Labute approximate surface area is 201 Å². The number of anilines is 1. The topological polar surface area (TPSA) is 96.9 Å². The van der Waals surface area contributed by atoms with E-state index in [9.17, 15) is 4.79 Å². The lowest BCUT2D eigenvalue weighted by Gasteiger charge is -2.37. The van der Waals surface area contributed by atoms with Gasteiger partial charge in [0.05, 0.1) is 6.33 Å². The molecule has 1 saturated heterocycles. The van der Waals surface area contributed by atoms with Gasteiger partial charge in [0.2, 0.25) is 5.95 Å². The summed E-state index contributed by atoms with van der Waals surface area (Å²) in [6, 6.07) is 30.5. The largest absolute Gasteiger partial charge is 0.338 e. The van der Waals surface area contributed by atoms with E-state index in [2.05, 4.69) is 57.2 Å². The summed E-state index contributed by atoms with van der Waals surface area (Å²) in [4.78, 5) is 30.7. The van der Waals surface area contributed by atoms with Crippen LogP contribution < -0.4 is 16.4 Å². The van der Waals surface area contributed by atoms with Crippen LogP contribution in [0.3, 0.4) is 0 Å². The molecule has 3 heterocycles. The first-order valence-corrected chi connectivity index (χ1v) is 11.6. The molecule has 1 fully saturated rings. The first-order chi connectivity index (χ1) is 17.3. The molecule has 0 radical (unpaired) electrons. The molecule has 35 heavy (non-hydrogen) atoms. The highest BCUT2D eigenvalue weighted by Gasteiger charge is 2.37. The van der Waals surface area contributed by atoms with E-state index < -0.39 is 5.54 Å². The third-order valence-corrected chi connectivity index (χ3v) is 6.38. The second-order valence-electron chi connectivity index (χ2n) is 8.47. The van der Waals surface area contributed by atoms with Crippen molar-refractivity contribution in [2.75, 3.05) is 11.9 Å². The zero-order valence-corrected chi connectivity index (χ0v) is 18.9. The van der Waals surface area contributed by atoms with Gasteiger partial charge in [-0.05, 0) is 16.7 Å². The SMILES string of the molecule is O=c1[nH]c(NC(c2ccccc2)(c2ccccc2)c2ccccc2)nc2c1ncn2C1CCNO1. The molecule has 6 rings (SSSR count). The second-order valence-corrected chi connectivity index (χ2v) is 8.47. The number of hydrogen-bond donors (Lipinski definition) is 3. The third-order valence-electron chi connectivity index (χ3n) is 6.38. The second kappa shape index (κ2) is 8.83. The maximum atomic E-state index is 13.1. The molecule has 8 heteroatoms. The third kappa shape index (κ3) is 3.69. The summed E-state index contributed by atoms with van der Waals surface area (Å²) in [6.45, 7) is 0.720. The smallest absolute Gasteiger partial charge is 0.280 e. The van der Waals surface area contributed by atoms with Crippen LogP contribution in [-0.2, 0) is 10.4 Å². The van der Waals surface area contributed by atoms with E-state index in [1.54, 1.807) is 10.9 Å². The fourth-order valence-electron chi connectivity index (χ4n) is 4.75. The van der Waals surface area contributed by atoms with E-state index in [1.165, 1.54) is 0 Å². The van der Waals surface area contributed by atoms with Crippen LogP contribution in [0.2, 0.25) is 0 Å². The lowest BCUT2D eigenvalue weighted by atomic mass is 9.77. The zero-order valence-electron chi connectivity index (χ0n) is 18.9. The van der Waals surface area contributed by atoms with Crippen LogP contribution in [0.25, 0.3) is 11.2 Å². The van der Waals surface area contributed by atoms with Crippen LogP contribution in [0.5, 0.6) is 0 Å². The highest BCUT2D eigenvalue weighted by molar-refractivity contribution is 5.71. The van der Waals surface area contributed by atoms with Crippen molar-refractivity contribution in [3.05, 3.63) is 124 Å². The van der Waals surface area contributed by atoms with Gasteiger partial charge in [-0.15, -0.1) is 0 Å². The van der Waals surface area contributed by atoms with Crippen molar-refractivity contribution in [2.45, 2.75) is 18.2 Å². The highest BCUT2D eigenvalue weighted by atomic mass is 16.7. The standard InChI is InChI=1S/C27H24N6O2/c34-25-23-24(33(18-28-23)22-16-17-29-35-22)30-26(31-25)32-27(19-10-4-1-5-11-19,20-12-6-2-7-13-20)21-14-8-3-9-15-21/h1-15,18,22,29H,16-17H2,(H2,30,31,32,34). The monoisotopic (exact) mass is 464 g/mol. The predicted octanol–water partition coefficient (Wildman–Crippen LogP) is 3.95. The van der Waals surface area contributed by atoms with Crippen LogP contribution in [0.4, 0.5) is 5.95 Å². The molecule has 5 aromatic rings. The Bertz CT molecular complexity index is 1400. The number of H-pyrrole nitrogens is 1. The summed E-state index contributed by atoms with van der Waals surface area (Å²) in [6.07, 6.45) is 2.09. The van der Waals surface area contributed by atoms with Crippen LogP contribution in [-0.4, -0.2) is 26.1 Å². The van der Waals surface area contributed by atoms with Crippen molar-refractivity contribution >= 4 is 17.1 Å². The van der Waals surface area contributed by atoms with Gasteiger partial charge in [-0.2, -0.15) is 10.5 Å². The molecule has 0 amide bonds. The van der Waals surface area contributed by atoms with Crippen molar-refractivity contribution in [3.63, 3.8) is 0 Å². The fourth-order valence-corrected chi connectivity index (χ4v) is 4.75. The molecule has 3 aromatic carbocycles. The van der Waals surface area contributed by atoms with Crippen LogP contribution in [0.1, 0.15) is 29.3 Å². The van der Waals surface area contributed by atoms with Crippen molar-refractivity contribution in [1.29, 1.82) is 0 Å². The quantitative estimate of drug-likeness (QED) is 0.329. The minimum Gasteiger partial charge on any atom is -0.338 e. The predicted molar refractivity (Wildman–Crippen MR) is 134 cm³/mol. The molecule has 8 nitrogen and oxygen atoms in total.